The number of rotatable bonds is 5. The Balaban J connectivity index is 2.36. The van der Waals surface area contributed by atoms with Crippen LogP contribution in [0.1, 0.15) is 31.9 Å². The third kappa shape index (κ3) is 2.96. The number of nitrogens with zero attached hydrogens (tertiary/aromatic N) is 3. The van der Waals surface area contributed by atoms with Gasteiger partial charge in [-0.3, -0.25) is 0 Å². The smallest absolute Gasteiger partial charge is 0.0886 e. The fraction of sp³-hybridized carbons (Fsp3) is 0.429. The van der Waals surface area contributed by atoms with E-state index >= 15 is 0 Å². The number of nitrogens with one attached hydrogen (secondary N) is 1. The highest BCUT2D eigenvalue weighted by molar-refractivity contribution is 6.31. The molecule has 0 saturated carbocycles. The number of benzene rings is 1. The molecular formula is C14H19ClN4. The summed E-state index contributed by atoms with van der Waals surface area (Å²) in [5.74, 6) is 0. The van der Waals surface area contributed by atoms with Crippen LogP contribution in [0.15, 0.2) is 24.4 Å². The topological polar surface area (TPSA) is 42.7 Å². The molecule has 0 amide bonds. The Morgan fingerprint density at radius 3 is 2.84 bits per heavy atom. The number of hydrogen-bond donors (Lipinski definition) is 1. The van der Waals surface area contributed by atoms with Crippen LogP contribution in [0.2, 0.25) is 5.02 Å². The van der Waals surface area contributed by atoms with Crippen LogP contribution in [0, 0.1) is 0 Å². The molecule has 0 aliphatic rings. The molecule has 4 nitrogen and oxygen atoms in total. The van der Waals surface area contributed by atoms with Gasteiger partial charge in [-0.05, 0) is 32.0 Å². The van der Waals surface area contributed by atoms with Gasteiger partial charge in [-0.2, -0.15) is 0 Å². The lowest BCUT2D eigenvalue weighted by molar-refractivity contribution is 0.584. The van der Waals surface area contributed by atoms with Crippen molar-refractivity contribution in [2.45, 2.75) is 32.9 Å². The summed E-state index contributed by atoms with van der Waals surface area (Å²) in [5, 5.41) is 12.0. The first kappa shape index (κ1) is 14.0. The van der Waals surface area contributed by atoms with Gasteiger partial charge in [0.15, 0.2) is 0 Å². The normalized spacial score (nSPS) is 12.6. The predicted octanol–water partition coefficient (Wildman–Crippen LogP) is 3.29. The van der Waals surface area contributed by atoms with Gasteiger partial charge >= 0.3 is 0 Å². The monoisotopic (exact) mass is 278 g/mol. The fourth-order valence-electron chi connectivity index (χ4n) is 2.05. The molecule has 102 valence electrons. The van der Waals surface area contributed by atoms with E-state index in [1.807, 2.05) is 17.8 Å². The van der Waals surface area contributed by atoms with Gasteiger partial charge in [0, 0.05) is 23.2 Å². The molecule has 0 aliphatic heterocycles. The van der Waals surface area contributed by atoms with Crippen molar-refractivity contribution in [2.75, 3.05) is 7.05 Å². The van der Waals surface area contributed by atoms with Crippen LogP contribution in [0.3, 0.4) is 0 Å². The van der Waals surface area contributed by atoms with E-state index in [-0.39, 0.29) is 6.04 Å². The second kappa shape index (κ2) is 6.17. The van der Waals surface area contributed by atoms with Crippen molar-refractivity contribution in [2.24, 2.45) is 0 Å². The quantitative estimate of drug-likeness (QED) is 0.913. The Morgan fingerprint density at radius 1 is 1.42 bits per heavy atom. The highest BCUT2D eigenvalue weighted by atomic mass is 35.5. The molecule has 1 aromatic carbocycles. The molecule has 5 heteroatoms. The second-order valence-corrected chi connectivity index (χ2v) is 5.00. The van der Waals surface area contributed by atoms with Crippen molar-refractivity contribution < 1.29 is 0 Å². The highest BCUT2D eigenvalue weighted by Crippen LogP contribution is 2.28. The molecule has 1 aromatic heterocycles. The summed E-state index contributed by atoms with van der Waals surface area (Å²) < 4.78 is 1.91. The molecule has 0 aliphatic carbocycles. The predicted molar refractivity (Wildman–Crippen MR) is 78.2 cm³/mol. The van der Waals surface area contributed by atoms with E-state index in [0.29, 0.717) is 0 Å². The van der Waals surface area contributed by atoms with Gasteiger partial charge in [-0.15, -0.1) is 5.10 Å². The fourth-order valence-corrected chi connectivity index (χ4v) is 2.40. The van der Waals surface area contributed by atoms with E-state index < -0.39 is 0 Å². The zero-order valence-electron chi connectivity index (χ0n) is 11.5. The molecule has 1 heterocycles. The number of halogens is 1. The third-order valence-electron chi connectivity index (χ3n) is 3.25. The van der Waals surface area contributed by atoms with Crippen molar-refractivity contribution in [1.29, 1.82) is 0 Å². The van der Waals surface area contributed by atoms with E-state index in [0.717, 1.165) is 34.8 Å². The number of aromatic nitrogens is 3. The standard InChI is InChI=1S/C14H19ClN4/c1-4-7-19-14(9-17-18-19)11-5-6-12(10(2)16-3)13(15)8-11/h5-6,8-10,16H,4,7H2,1-3H3. The Labute approximate surface area is 118 Å². The van der Waals surface area contributed by atoms with Gasteiger partial charge in [-0.25, -0.2) is 4.68 Å². The van der Waals surface area contributed by atoms with E-state index in [4.69, 9.17) is 11.6 Å². The van der Waals surface area contributed by atoms with E-state index in [9.17, 15) is 0 Å². The van der Waals surface area contributed by atoms with Gasteiger partial charge in [0.2, 0.25) is 0 Å². The molecule has 1 atom stereocenters. The summed E-state index contributed by atoms with van der Waals surface area (Å²) in [6, 6.07) is 6.35. The van der Waals surface area contributed by atoms with Gasteiger partial charge in [0.25, 0.3) is 0 Å². The minimum absolute atomic E-state index is 0.236. The largest absolute Gasteiger partial charge is 0.313 e. The summed E-state index contributed by atoms with van der Waals surface area (Å²) in [6.07, 6.45) is 2.81. The first-order valence-corrected chi connectivity index (χ1v) is 6.90. The summed E-state index contributed by atoms with van der Waals surface area (Å²) in [6.45, 7) is 5.07. The van der Waals surface area contributed by atoms with E-state index in [1.54, 1.807) is 6.20 Å². The molecule has 2 rings (SSSR count). The van der Waals surface area contributed by atoms with Crippen LogP contribution in [0.5, 0.6) is 0 Å². The van der Waals surface area contributed by atoms with Crippen molar-refractivity contribution in [3.63, 3.8) is 0 Å². The first-order valence-electron chi connectivity index (χ1n) is 6.53. The molecule has 0 fully saturated rings. The van der Waals surface area contributed by atoms with Gasteiger partial charge in [-0.1, -0.05) is 35.9 Å². The molecular weight excluding hydrogens is 260 g/mol. The van der Waals surface area contributed by atoms with Crippen LogP contribution in [0.25, 0.3) is 11.3 Å². The Morgan fingerprint density at radius 2 is 2.21 bits per heavy atom. The Hall–Kier alpha value is -1.39. The van der Waals surface area contributed by atoms with Gasteiger partial charge in [0.1, 0.15) is 0 Å². The molecule has 1 N–H and O–H groups in total. The molecule has 2 aromatic rings. The van der Waals surface area contributed by atoms with Crippen LogP contribution in [0.4, 0.5) is 0 Å². The lowest BCUT2D eigenvalue weighted by Crippen LogP contribution is -2.12. The maximum Gasteiger partial charge on any atom is 0.0886 e. The number of hydrogen-bond acceptors (Lipinski definition) is 3. The van der Waals surface area contributed by atoms with Gasteiger partial charge < -0.3 is 5.32 Å². The molecule has 0 saturated heterocycles. The average Bonchev–Trinajstić information content (AvgIpc) is 2.86. The lowest BCUT2D eigenvalue weighted by Gasteiger charge is -2.14. The van der Waals surface area contributed by atoms with Gasteiger partial charge in [0.05, 0.1) is 11.9 Å². The highest BCUT2D eigenvalue weighted by Gasteiger charge is 2.11. The minimum Gasteiger partial charge on any atom is -0.313 e. The van der Waals surface area contributed by atoms with Crippen LogP contribution >= 0.6 is 11.6 Å². The molecule has 0 bridgehead atoms. The zero-order valence-corrected chi connectivity index (χ0v) is 12.3. The van der Waals surface area contributed by atoms with Crippen molar-refractivity contribution in [3.05, 3.63) is 35.0 Å². The SMILES string of the molecule is CCCn1nncc1-c1ccc(C(C)NC)c(Cl)c1. The Kier molecular flexibility index (Phi) is 4.56. The Bertz CT molecular complexity index is 550. The van der Waals surface area contributed by atoms with Crippen LogP contribution < -0.4 is 5.32 Å². The van der Waals surface area contributed by atoms with Crippen molar-refractivity contribution >= 4 is 11.6 Å². The van der Waals surface area contributed by atoms with E-state index in [2.05, 4.69) is 41.6 Å². The van der Waals surface area contributed by atoms with Crippen LogP contribution in [-0.2, 0) is 6.54 Å². The molecule has 0 radical (unpaired) electrons. The van der Waals surface area contributed by atoms with Crippen molar-refractivity contribution in [1.82, 2.24) is 20.3 Å². The number of aryl methyl sites for hydroxylation is 1. The average molecular weight is 279 g/mol. The molecule has 0 spiro atoms. The summed E-state index contributed by atoms with van der Waals surface area (Å²) in [5.41, 5.74) is 3.16. The summed E-state index contributed by atoms with van der Waals surface area (Å²) in [4.78, 5) is 0. The van der Waals surface area contributed by atoms with Crippen molar-refractivity contribution in [3.8, 4) is 11.3 Å². The second-order valence-electron chi connectivity index (χ2n) is 4.59. The zero-order chi connectivity index (χ0) is 13.8. The summed E-state index contributed by atoms with van der Waals surface area (Å²) >= 11 is 6.36. The first-order chi connectivity index (χ1) is 9.17. The lowest BCUT2D eigenvalue weighted by atomic mass is 10.0. The van der Waals surface area contributed by atoms with Crippen LogP contribution in [-0.4, -0.2) is 22.0 Å². The third-order valence-corrected chi connectivity index (χ3v) is 3.58. The minimum atomic E-state index is 0.236. The summed E-state index contributed by atoms with van der Waals surface area (Å²) in [7, 11) is 1.93. The molecule has 19 heavy (non-hydrogen) atoms. The van der Waals surface area contributed by atoms with E-state index in [1.165, 1.54) is 0 Å². The molecule has 1 unspecified atom stereocenters. The maximum absolute atomic E-state index is 6.36. The maximum atomic E-state index is 6.36.